The summed E-state index contributed by atoms with van der Waals surface area (Å²) < 4.78 is 0. The lowest BCUT2D eigenvalue weighted by Crippen LogP contribution is -2.47. The third-order valence-corrected chi connectivity index (χ3v) is 7.54. The molecule has 3 aromatic rings. The SMILES string of the molecule is CCCN(CC(=O)N1CCc2sccc2C1c1ccc(Cl)cc1)C(=O)c1ccc(Cl)c([N+](=O)[O-])c1. The van der Waals surface area contributed by atoms with Gasteiger partial charge in [-0.05, 0) is 59.7 Å². The first-order chi connectivity index (χ1) is 16.8. The van der Waals surface area contributed by atoms with Gasteiger partial charge in [-0.2, -0.15) is 0 Å². The highest BCUT2D eigenvalue weighted by molar-refractivity contribution is 7.10. The molecule has 0 saturated carbocycles. The number of carbonyl (C=O) groups is 2. The van der Waals surface area contributed by atoms with E-state index < -0.39 is 10.8 Å². The molecule has 0 N–H and O–H groups in total. The van der Waals surface area contributed by atoms with Crippen LogP contribution < -0.4 is 0 Å². The number of halogens is 2. The van der Waals surface area contributed by atoms with Crippen molar-refractivity contribution in [3.63, 3.8) is 0 Å². The van der Waals surface area contributed by atoms with Crippen LogP contribution in [0, 0.1) is 10.1 Å². The second-order valence-corrected chi connectivity index (χ2v) is 10.1. The first kappa shape index (κ1) is 25.2. The van der Waals surface area contributed by atoms with E-state index in [1.165, 1.54) is 21.9 Å². The quantitative estimate of drug-likeness (QED) is 0.277. The predicted molar refractivity (Wildman–Crippen MR) is 137 cm³/mol. The van der Waals surface area contributed by atoms with Gasteiger partial charge in [0.2, 0.25) is 5.91 Å². The van der Waals surface area contributed by atoms with Gasteiger partial charge in [-0.25, -0.2) is 0 Å². The van der Waals surface area contributed by atoms with Crippen molar-refractivity contribution in [1.82, 2.24) is 9.80 Å². The van der Waals surface area contributed by atoms with E-state index in [2.05, 4.69) is 0 Å². The summed E-state index contributed by atoms with van der Waals surface area (Å²) in [5.74, 6) is -0.636. The number of hydrogen-bond acceptors (Lipinski definition) is 5. The van der Waals surface area contributed by atoms with Crippen LogP contribution in [0.2, 0.25) is 10.0 Å². The number of hydrogen-bond donors (Lipinski definition) is 0. The van der Waals surface area contributed by atoms with Crippen LogP contribution in [0.25, 0.3) is 0 Å². The highest BCUT2D eigenvalue weighted by atomic mass is 35.5. The van der Waals surface area contributed by atoms with E-state index in [9.17, 15) is 19.7 Å². The predicted octanol–water partition coefficient (Wildman–Crippen LogP) is 5.99. The fourth-order valence-electron chi connectivity index (χ4n) is 4.33. The maximum Gasteiger partial charge on any atom is 0.288 e. The smallest absolute Gasteiger partial charge is 0.288 e. The van der Waals surface area contributed by atoms with Gasteiger partial charge in [-0.3, -0.25) is 19.7 Å². The Bertz CT molecular complexity index is 1260. The lowest BCUT2D eigenvalue weighted by atomic mass is 9.93. The second-order valence-electron chi connectivity index (χ2n) is 8.24. The third kappa shape index (κ3) is 5.34. The van der Waals surface area contributed by atoms with Crippen molar-refractivity contribution in [3.8, 4) is 0 Å². The van der Waals surface area contributed by atoms with Gasteiger partial charge in [0, 0.05) is 34.6 Å². The van der Waals surface area contributed by atoms with Crippen LogP contribution in [0.5, 0.6) is 0 Å². The summed E-state index contributed by atoms with van der Waals surface area (Å²) >= 11 is 13.7. The zero-order valence-electron chi connectivity index (χ0n) is 18.9. The normalized spacial score (nSPS) is 14.9. The first-order valence-electron chi connectivity index (χ1n) is 11.1. The molecule has 0 aliphatic carbocycles. The monoisotopic (exact) mass is 531 g/mol. The average Bonchev–Trinajstić information content (AvgIpc) is 3.32. The molecule has 0 bridgehead atoms. The van der Waals surface area contributed by atoms with Crippen LogP contribution in [-0.2, 0) is 11.2 Å². The van der Waals surface area contributed by atoms with Crippen molar-refractivity contribution >= 4 is 52.0 Å². The van der Waals surface area contributed by atoms with Crippen LogP contribution >= 0.6 is 34.5 Å². The maximum atomic E-state index is 13.6. The Balaban J connectivity index is 1.61. The minimum Gasteiger partial charge on any atom is -0.330 e. The minimum atomic E-state index is -0.628. The topological polar surface area (TPSA) is 83.8 Å². The summed E-state index contributed by atoms with van der Waals surface area (Å²) in [6.45, 7) is 2.64. The summed E-state index contributed by atoms with van der Waals surface area (Å²) in [5.41, 5.74) is 1.81. The van der Waals surface area contributed by atoms with E-state index in [1.54, 1.807) is 28.4 Å². The van der Waals surface area contributed by atoms with Crippen molar-refractivity contribution in [2.75, 3.05) is 19.6 Å². The van der Waals surface area contributed by atoms with Crippen LogP contribution in [0.4, 0.5) is 5.69 Å². The molecule has 4 rings (SSSR count). The molecule has 10 heteroatoms. The molecule has 1 aliphatic heterocycles. The maximum absolute atomic E-state index is 13.6. The van der Waals surface area contributed by atoms with Gasteiger partial charge in [-0.1, -0.05) is 42.3 Å². The third-order valence-electron chi connectivity index (χ3n) is 5.97. The highest BCUT2D eigenvalue weighted by Crippen LogP contribution is 2.38. The number of rotatable bonds is 7. The number of nitro groups is 1. The molecule has 2 amide bonds. The van der Waals surface area contributed by atoms with Crippen LogP contribution in [-0.4, -0.2) is 46.2 Å². The molecule has 1 aliphatic rings. The molecule has 0 fully saturated rings. The van der Waals surface area contributed by atoms with Gasteiger partial charge in [0.15, 0.2) is 0 Å². The Kier molecular flexibility index (Phi) is 7.74. The fraction of sp³-hybridized carbons (Fsp3) is 0.280. The summed E-state index contributed by atoms with van der Waals surface area (Å²) in [4.78, 5) is 42.0. The zero-order chi connectivity index (χ0) is 25.1. The summed E-state index contributed by atoms with van der Waals surface area (Å²) in [6, 6.07) is 13.2. The number of amides is 2. The zero-order valence-corrected chi connectivity index (χ0v) is 21.3. The molecule has 0 spiro atoms. The number of thiophene rings is 1. The van der Waals surface area contributed by atoms with Gasteiger partial charge in [0.25, 0.3) is 11.6 Å². The van der Waals surface area contributed by atoms with E-state index in [4.69, 9.17) is 23.2 Å². The van der Waals surface area contributed by atoms with Crippen molar-refractivity contribution in [3.05, 3.63) is 95.6 Å². The Morgan fingerprint density at radius 1 is 1.17 bits per heavy atom. The van der Waals surface area contributed by atoms with E-state index in [0.29, 0.717) is 24.5 Å². The van der Waals surface area contributed by atoms with E-state index in [0.717, 1.165) is 23.6 Å². The Morgan fingerprint density at radius 3 is 2.60 bits per heavy atom. The van der Waals surface area contributed by atoms with E-state index >= 15 is 0 Å². The number of carbonyl (C=O) groups excluding carboxylic acids is 2. The van der Waals surface area contributed by atoms with Crippen molar-refractivity contribution < 1.29 is 14.5 Å². The fourth-order valence-corrected chi connectivity index (χ4v) is 5.55. The van der Waals surface area contributed by atoms with Crippen LogP contribution in [0.3, 0.4) is 0 Å². The molecule has 0 saturated heterocycles. The van der Waals surface area contributed by atoms with Gasteiger partial charge in [0.1, 0.15) is 11.6 Å². The molecule has 2 heterocycles. The lowest BCUT2D eigenvalue weighted by Gasteiger charge is -2.37. The molecular formula is C25H23Cl2N3O4S. The minimum absolute atomic E-state index is 0.0460. The highest BCUT2D eigenvalue weighted by Gasteiger charge is 2.34. The van der Waals surface area contributed by atoms with E-state index in [1.807, 2.05) is 30.5 Å². The Labute approximate surface area is 217 Å². The summed E-state index contributed by atoms with van der Waals surface area (Å²) in [7, 11) is 0. The molecule has 35 heavy (non-hydrogen) atoms. The Hall–Kier alpha value is -2.94. The van der Waals surface area contributed by atoms with Gasteiger partial charge in [0.05, 0.1) is 11.0 Å². The van der Waals surface area contributed by atoms with Crippen molar-refractivity contribution in [1.29, 1.82) is 0 Å². The molecule has 1 atom stereocenters. The molecule has 1 unspecified atom stereocenters. The molecule has 0 radical (unpaired) electrons. The van der Waals surface area contributed by atoms with Crippen molar-refractivity contribution in [2.24, 2.45) is 0 Å². The van der Waals surface area contributed by atoms with Gasteiger partial charge < -0.3 is 9.80 Å². The van der Waals surface area contributed by atoms with E-state index in [-0.39, 0.29) is 34.8 Å². The number of benzene rings is 2. The average molecular weight is 532 g/mol. The standard InChI is InChI=1S/C25H23Cl2N3O4S/c1-2-11-28(25(32)17-5-8-20(27)21(14-17)30(33)34)15-23(31)29-12-9-22-19(10-13-35-22)24(29)16-3-6-18(26)7-4-16/h3-8,10,13-14,24H,2,9,11-12,15H2,1H3. The molecule has 7 nitrogen and oxygen atoms in total. The first-order valence-corrected chi connectivity index (χ1v) is 12.8. The summed E-state index contributed by atoms with van der Waals surface area (Å²) in [5, 5.41) is 13.9. The second kappa shape index (κ2) is 10.8. The molecule has 182 valence electrons. The number of fused-ring (bicyclic) bond motifs is 1. The largest absolute Gasteiger partial charge is 0.330 e. The van der Waals surface area contributed by atoms with Gasteiger partial charge in [-0.15, -0.1) is 11.3 Å². The lowest BCUT2D eigenvalue weighted by molar-refractivity contribution is -0.384. The van der Waals surface area contributed by atoms with Crippen LogP contribution in [0.1, 0.15) is 45.7 Å². The number of nitro benzene ring substituents is 1. The van der Waals surface area contributed by atoms with Crippen LogP contribution in [0.15, 0.2) is 53.9 Å². The molecular weight excluding hydrogens is 509 g/mol. The number of nitrogens with zero attached hydrogens (tertiary/aromatic N) is 3. The molecule has 2 aromatic carbocycles. The summed E-state index contributed by atoms with van der Waals surface area (Å²) in [6.07, 6.45) is 1.37. The Morgan fingerprint density at radius 2 is 1.91 bits per heavy atom. The van der Waals surface area contributed by atoms with Crippen molar-refractivity contribution in [2.45, 2.75) is 25.8 Å². The van der Waals surface area contributed by atoms with Gasteiger partial charge >= 0.3 is 0 Å². The molecule has 1 aromatic heterocycles.